The summed E-state index contributed by atoms with van der Waals surface area (Å²) in [7, 11) is 0. The van der Waals surface area contributed by atoms with Crippen molar-refractivity contribution in [3.8, 4) is 28.3 Å². The van der Waals surface area contributed by atoms with Crippen molar-refractivity contribution in [1.82, 2.24) is 29.6 Å². The number of benzene rings is 1. The van der Waals surface area contributed by atoms with Crippen LogP contribution in [0.1, 0.15) is 53.4 Å². The molecule has 0 saturated carbocycles. The lowest BCUT2D eigenvalue weighted by Gasteiger charge is -2.39. The van der Waals surface area contributed by atoms with Crippen LogP contribution >= 0.6 is 0 Å². The van der Waals surface area contributed by atoms with Gasteiger partial charge in [-0.15, -0.1) is 0 Å². The molecule has 42 heavy (non-hydrogen) atoms. The molecule has 218 valence electrons. The molecule has 1 amide bonds. The second kappa shape index (κ2) is 11.4. The van der Waals surface area contributed by atoms with Gasteiger partial charge in [0.25, 0.3) is 0 Å². The number of nitrogens with one attached hydrogen (secondary N) is 1. The number of carbonyl (C=O) groups is 1. The molecular formula is C32H37N7O3. The van der Waals surface area contributed by atoms with E-state index in [4.69, 9.17) is 19.6 Å². The number of nitrogens with zero attached hydrogens (tertiary/aromatic N) is 6. The number of ether oxygens (including phenoxy) is 2. The second-order valence-electron chi connectivity index (χ2n) is 11.9. The first-order valence-corrected chi connectivity index (χ1v) is 14.6. The number of amides is 1. The SMILES string of the molecule is CCn1cc(-c2ccnc(Nc3ccc(OC4CC5CCC(C4)N5C(=O)OC(C)(C)C)cc3)n2)c(-c2cccnc2)n1. The van der Waals surface area contributed by atoms with Gasteiger partial charge in [-0.2, -0.15) is 5.10 Å². The summed E-state index contributed by atoms with van der Waals surface area (Å²) in [6.45, 7) is 8.53. The standard InChI is InChI=1S/C32H37N7O3/c1-5-38-20-27(29(37-38)21-7-6-15-33-19-21)28-14-16-34-30(36-28)35-22-8-12-25(13-9-22)41-26-17-23-10-11-24(18-26)39(23)31(40)42-32(2,3)4/h6-9,12-16,19-20,23-24,26H,5,10-11,17-18H2,1-4H3,(H,34,35,36). The summed E-state index contributed by atoms with van der Waals surface area (Å²) < 4.78 is 13.9. The Bertz CT molecular complexity index is 1520. The molecule has 3 aromatic heterocycles. The summed E-state index contributed by atoms with van der Waals surface area (Å²) in [5, 5.41) is 8.05. The average molecular weight is 568 g/mol. The largest absolute Gasteiger partial charge is 0.490 e. The summed E-state index contributed by atoms with van der Waals surface area (Å²) in [4.78, 5) is 28.2. The highest BCUT2D eigenvalue weighted by Gasteiger charge is 2.45. The van der Waals surface area contributed by atoms with E-state index in [1.165, 1.54) is 0 Å². The molecular weight excluding hydrogens is 530 g/mol. The van der Waals surface area contributed by atoms with E-state index in [0.29, 0.717) is 5.95 Å². The third-order valence-corrected chi connectivity index (χ3v) is 7.66. The first-order chi connectivity index (χ1) is 20.3. The topological polar surface area (TPSA) is 107 Å². The molecule has 2 unspecified atom stereocenters. The molecule has 2 aliphatic rings. The molecule has 5 heterocycles. The second-order valence-corrected chi connectivity index (χ2v) is 11.9. The Hall–Kier alpha value is -4.47. The van der Waals surface area contributed by atoms with Crippen LogP contribution in [-0.4, -0.2) is 59.5 Å². The van der Waals surface area contributed by atoms with Crippen molar-refractivity contribution in [3.05, 3.63) is 67.3 Å². The van der Waals surface area contributed by atoms with Gasteiger partial charge in [0.1, 0.15) is 23.1 Å². The van der Waals surface area contributed by atoms with Crippen molar-refractivity contribution in [2.24, 2.45) is 0 Å². The van der Waals surface area contributed by atoms with Crippen LogP contribution in [0.3, 0.4) is 0 Å². The number of rotatable bonds is 7. The summed E-state index contributed by atoms with van der Waals surface area (Å²) >= 11 is 0. The van der Waals surface area contributed by atoms with E-state index < -0.39 is 5.60 Å². The maximum atomic E-state index is 12.8. The highest BCUT2D eigenvalue weighted by Crippen LogP contribution is 2.38. The quantitative estimate of drug-likeness (QED) is 0.271. The van der Waals surface area contributed by atoms with Gasteiger partial charge in [0.05, 0.1) is 5.69 Å². The Morgan fingerprint density at radius 1 is 1.05 bits per heavy atom. The number of fused-ring (bicyclic) bond motifs is 2. The van der Waals surface area contributed by atoms with Gasteiger partial charge in [0.2, 0.25) is 5.95 Å². The molecule has 0 radical (unpaired) electrons. The summed E-state index contributed by atoms with van der Waals surface area (Å²) in [6.07, 6.45) is 10.8. The zero-order valence-electron chi connectivity index (χ0n) is 24.5. The highest BCUT2D eigenvalue weighted by molar-refractivity contribution is 5.78. The maximum absolute atomic E-state index is 12.8. The molecule has 2 atom stereocenters. The molecule has 4 aromatic rings. The van der Waals surface area contributed by atoms with Gasteiger partial charge in [0, 0.05) is 73.1 Å². The highest BCUT2D eigenvalue weighted by atomic mass is 16.6. The fourth-order valence-electron chi connectivity index (χ4n) is 5.83. The molecule has 10 nitrogen and oxygen atoms in total. The van der Waals surface area contributed by atoms with Crippen LogP contribution in [0.4, 0.5) is 16.4 Å². The van der Waals surface area contributed by atoms with Crippen molar-refractivity contribution >= 4 is 17.7 Å². The Labute approximate surface area is 246 Å². The molecule has 2 fully saturated rings. The van der Waals surface area contributed by atoms with Gasteiger partial charge < -0.3 is 19.7 Å². The van der Waals surface area contributed by atoms with Crippen LogP contribution < -0.4 is 10.1 Å². The van der Waals surface area contributed by atoms with Gasteiger partial charge in [-0.25, -0.2) is 14.8 Å². The predicted octanol–water partition coefficient (Wildman–Crippen LogP) is 6.47. The lowest BCUT2D eigenvalue weighted by molar-refractivity contribution is -0.00707. The third kappa shape index (κ3) is 6.07. The van der Waals surface area contributed by atoms with E-state index >= 15 is 0 Å². The van der Waals surface area contributed by atoms with Crippen LogP contribution in [0.25, 0.3) is 22.5 Å². The lowest BCUT2D eigenvalue weighted by atomic mass is 10.00. The fraction of sp³-hybridized carbons (Fsp3) is 0.406. The zero-order chi connectivity index (χ0) is 29.3. The number of piperidine rings is 1. The normalized spacial score (nSPS) is 19.9. The van der Waals surface area contributed by atoms with Gasteiger partial charge in [-0.1, -0.05) is 0 Å². The molecule has 6 rings (SSSR count). The minimum atomic E-state index is -0.493. The van der Waals surface area contributed by atoms with Gasteiger partial charge in [-0.3, -0.25) is 9.67 Å². The van der Waals surface area contributed by atoms with E-state index in [9.17, 15) is 4.79 Å². The minimum Gasteiger partial charge on any atom is -0.490 e. The van der Waals surface area contributed by atoms with Crippen LogP contribution in [-0.2, 0) is 11.3 Å². The molecule has 2 aliphatic heterocycles. The lowest BCUT2D eigenvalue weighted by Crippen LogP contribution is -2.50. The van der Waals surface area contributed by atoms with E-state index in [-0.39, 0.29) is 24.3 Å². The summed E-state index contributed by atoms with van der Waals surface area (Å²) in [5.74, 6) is 1.30. The van der Waals surface area contributed by atoms with Crippen molar-refractivity contribution in [2.45, 2.75) is 83.7 Å². The molecule has 10 heteroatoms. The number of aryl methyl sites for hydroxylation is 1. The number of carbonyl (C=O) groups excluding carboxylic acids is 1. The fourth-order valence-corrected chi connectivity index (χ4v) is 5.83. The van der Waals surface area contributed by atoms with E-state index in [0.717, 1.165) is 66.2 Å². The Morgan fingerprint density at radius 2 is 1.81 bits per heavy atom. The van der Waals surface area contributed by atoms with Crippen LogP contribution in [0, 0.1) is 0 Å². The summed E-state index contributed by atoms with van der Waals surface area (Å²) in [5.41, 5.74) is 3.83. The van der Waals surface area contributed by atoms with Crippen LogP contribution in [0.5, 0.6) is 5.75 Å². The van der Waals surface area contributed by atoms with Crippen molar-refractivity contribution in [3.63, 3.8) is 0 Å². The molecule has 1 aromatic carbocycles. The van der Waals surface area contributed by atoms with Gasteiger partial charge >= 0.3 is 6.09 Å². The Balaban J connectivity index is 1.11. The summed E-state index contributed by atoms with van der Waals surface area (Å²) in [6, 6.07) is 14.0. The van der Waals surface area contributed by atoms with E-state index in [2.05, 4.69) is 22.2 Å². The van der Waals surface area contributed by atoms with E-state index in [1.54, 1.807) is 12.4 Å². The van der Waals surface area contributed by atoms with Gasteiger partial charge in [-0.05, 0) is 83.0 Å². The van der Waals surface area contributed by atoms with Crippen LogP contribution in [0.2, 0.25) is 0 Å². The van der Waals surface area contributed by atoms with Crippen molar-refractivity contribution in [1.29, 1.82) is 0 Å². The Kier molecular flexibility index (Phi) is 7.53. The monoisotopic (exact) mass is 567 g/mol. The van der Waals surface area contributed by atoms with Gasteiger partial charge in [0.15, 0.2) is 0 Å². The van der Waals surface area contributed by atoms with Crippen LogP contribution in [0.15, 0.2) is 67.3 Å². The molecule has 0 aliphatic carbocycles. The van der Waals surface area contributed by atoms with Crippen molar-refractivity contribution in [2.75, 3.05) is 5.32 Å². The smallest absolute Gasteiger partial charge is 0.410 e. The minimum absolute atomic E-state index is 0.0676. The first-order valence-electron chi connectivity index (χ1n) is 14.6. The number of aromatic nitrogens is 5. The molecule has 1 N–H and O–H groups in total. The number of hydrogen-bond donors (Lipinski definition) is 1. The number of anilines is 2. The number of hydrogen-bond acceptors (Lipinski definition) is 8. The molecule has 2 bridgehead atoms. The molecule has 2 saturated heterocycles. The van der Waals surface area contributed by atoms with Crippen molar-refractivity contribution < 1.29 is 14.3 Å². The first kappa shape index (κ1) is 27.7. The Morgan fingerprint density at radius 3 is 2.48 bits per heavy atom. The zero-order valence-corrected chi connectivity index (χ0v) is 24.5. The third-order valence-electron chi connectivity index (χ3n) is 7.66. The van der Waals surface area contributed by atoms with E-state index in [1.807, 2.05) is 85.2 Å². The average Bonchev–Trinajstić information content (AvgIpc) is 3.53. The number of pyridine rings is 1. The predicted molar refractivity (Wildman–Crippen MR) is 160 cm³/mol. The maximum Gasteiger partial charge on any atom is 0.410 e. The molecule has 0 spiro atoms.